The van der Waals surface area contributed by atoms with Gasteiger partial charge in [0.05, 0.1) is 11.9 Å². The summed E-state index contributed by atoms with van der Waals surface area (Å²) in [4.78, 5) is 11.7. The van der Waals surface area contributed by atoms with Gasteiger partial charge in [0.2, 0.25) is 5.91 Å². The summed E-state index contributed by atoms with van der Waals surface area (Å²) in [6.45, 7) is 0.543. The van der Waals surface area contributed by atoms with Crippen molar-refractivity contribution in [1.29, 1.82) is 0 Å². The molecule has 0 bridgehead atoms. The molecule has 1 unspecified atom stereocenters. The molecule has 0 aliphatic carbocycles. The first-order valence-corrected chi connectivity index (χ1v) is 8.02. The van der Waals surface area contributed by atoms with E-state index < -0.39 is 6.10 Å². The summed E-state index contributed by atoms with van der Waals surface area (Å²) in [6.07, 6.45) is -0.530. The largest absolute Gasteiger partial charge is 0.388 e. The zero-order valence-electron chi connectivity index (χ0n) is 11.7. The van der Waals surface area contributed by atoms with Crippen LogP contribution in [0.1, 0.15) is 17.2 Å². The van der Waals surface area contributed by atoms with E-state index in [0.717, 1.165) is 11.1 Å². The Morgan fingerprint density at radius 2 is 1.67 bits per heavy atom. The molecule has 0 aromatic heterocycles. The molecule has 2 N–H and O–H groups in total. The maximum absolute atomic E-state index is 11.7. The van der Waals surface area contributed by atoms with Gasteiger partial charge >= 0.3 is 0 Å². The van der Waals surface area contributed by atoms with E-state index in [9.17, 15) is 9.90 Å². The molecule has 0 radical (unpaired) electrons. The Morgan fingerprint density at radius 3 is 2.33 bits per heavy atom. The van der Waals surface area contributed by atoms with Crippen molar-refractivity contribution in [1.82, 2.24) is 5.32 Å². The van der Waals surface area contributed by atoms with Gasteiger partial charge in [0.1, 0.15) is 0 Å². The van der Waals surface area contributed by atoms with Gasteiger partial charge in [-0.1, -0.05) is 60.7 Å². The molecule has 0 aliphatic heterocycles. The van der Waals surface area contributed by atoms with Crippen molar-refractivity contribution in [3.05, 3.63) is 71.8 Å². The lowest BCUT2D eigenvalue weighted by Crippen LogP contribution is -2.24. The molecule has 3 nitrogen and oxygen atoms in total. The van der Waals surface area contributed by atoms with E-state index >= 15 is 0 Å². The van der Waals surface area contributed by atoms with Crippen LogP contribution in [0.15, 0.2) is 60.7 Å². The zero-order valence-corrected chi connectivity index (χ0v) is 12.6. The maximum Gasteiger partial charge on any atom is 0.230 e. The summed E-state index contributed by atoms with van der Waals surface area (Å²) in [6, 6.07) is 19.3. The maximum atomic E-state index is 11.7. The van der Waals surface area contributed by atoms with E-state index in [4.69, 9.17) is 0 Å². The number of thioether (sulfide) groups is 1. The first kappa shape index (κ1) is 15.6. The quantitative estimate of drug-likeness (QED) is 0.827. The van der Waals surface area contributed by atoms with Gasteiger partial charge < -0.3 is 10.4 Å². The minimum Gasteiger partial charge on any atom is -0.388 e. The Morgan fingerprint density at radius 1 is 1.05 bits per heavy atom. The first-order valence-electron chi connectivity index (χ1n) is 6.87. The molecule has 21 heavy (non-hydrogen) atoms. The summed E-state index contributed by atoms with van der Waals surface area (Å²) in [7, 11) is 0. The molecule has 0 spiro atoms. The Bertz CT molecular complexity index is 545. The van der Waals surface area contributed by atoms with Crippen molar-refractivity contribution in [3.8, 4) is 0 Å². The van der Waals surface area contributed by atoms with Gasteiger partial charge in [-0.2, -0.15) is 0 Å². The highest BCUT2D eigenvalue weighted by molar-refractivity contribution is 7.99. The van der Waals surface area contributed by atoms with Crippen molar-refractivity contribution < 1.29 is 9.90 Å². The summed E-state index contributed by atoms with van der Waals surface area (Å²) < 4.78 is 0. The number of amides is 1. The van der Waals surface area contributed by atoms with Gasteiger partial charge in [-0.25, -0.2) is 0 Å². The summed E-state index contributed by atoms with van der Waals surface area (Å²) in [5, 5.41) is 12.9. The Balaban J connectivity index is 1.65. The third kappa shape index (κ3) is 5.61. The van der Waals surface area contributed by atoms with Gasteiger partial charge in [0.15, 0.2) is 0 Å². The van der Waals surface area contributed by atoms with E-state index in [-0.39, 0.29) is 5.91 Å². The summed E-state index contributed by atoms with van der Waals surface area (Å²) in [5.41, 5.74) is 1.97. The smallest absolute Gasteiger partial charge is 0.230 e. The number of hydrogen-bond acceptors (Lipinski definition) is 3. The lowest BCUT2D eigenvalue weighted by Gasteiger charge is -2.10. The molecule has 4 heteroatoms. The van der Waals surface area contributed by atoms with Crippen LogP contribution < -0.4 is 5.32 Å². The SMILES string of the molecule is O=C(CSCC(O)c1ccccc1)NCc1ccccc1. The van der Waals surface area contributed by atoms with Crippen molar-refractivity contribution in [2.24, 2.45) is 0 Å². The van der Waals surface area contributed by atoms with Crippen molar-refractivity contribution in [2.45, 2.75) is 12.6 Å². The monoisotopic (exact) mass is 301 g/mol. The van der Waals surface area contributed by atoms with E-state index in [1.807, 2.05) is 60.7 Å². The summed E-state index contributed by atoms with van der Waals surface area (Å²) in [5.74, 6) is 0.864. The fourth-order valence-corrected chi connectivity index (χ4v) is 2.70. The fraction of sp³-hybridized carbons (Fsp3) is 0.235. The number of aliphatic hydroxyl groups excluding tert-OH is 1. The molecule has 0 fully saturated rings. The van der Waals surface area contributed by atoms with E-state index in [0.29, 0.717) is 18.1 Å². The van der Waals surface area contributed by atoms with Crippen LogP contribution in [0.2, 0.25) is 0 Å². The molecule has 0 aliphatic rings. The standard InChI is InChI=1S/C17H19NO2S/c19-16(15-9-5-2-6-10-15)12-21-13-17(20)18-11-14-7-3-1-4-8-14/h1-10,16,19H,11-13H2,(H,18,20). The molecule has 110 valence electrons. The normalized spacial score (nSPS) is 11.9. The number of hydrogen-bond donors (Lipinski definition) is 2. The van der Waals surface area contributed by atoms with Crippen LogP contribution in [-0.4, -0.2) is 22.5 Å². The second-order valence-corrected chi connectivity index (χ2v) is 5.73. The Hall–Kier alpha value is -1.78. The predicted octanol–water partition coefficient (Wildman–Crippen LogP) is 2.77. The number of carbonyl (C=O) groups excluding carboxylic acids is 1. The highest BCUT2D eigenvalue weighted by Crippen LogP contribution is 2.17. The van der Waals surface area contributed by atoms with Crippen LogP contribution in [0.3, 0.4) is 0 Å². The minimum atomic E-state index is -0.530. The molecular formula is C17H19NO2S. The highest BCUT2D eigenvalue weighted by Gasteiger charge is 2.08. The van der Waals surface area contributed by atoms with Gasteiger partial charge in [0, 0.05) is 12.3 Å². The topological polar surface area (TPSA) is 49.3 Å². The Kier molecular flexibility index (Phi) is 6.31. The van der Waals surface area contributed by atoms with Crippen molar-refractivity contribution >= 4 is 17.7 Å². The number of benzene rings is 2. The highest BCUT2D eigenvalue weighted by atomic mass is 32.2. The zero-order chi connectivity index (χ0) is 14.9. The molecule has 0 heterocycles. The number of carbonyl (C=O) groups is 1. The molecule has 1 amide bonds. The van der Waals surface area contributed by atoms with Crippen LogP contribution in [0.5, 0.6) is 0 Å². The van der Waals surface area contributed by atoms with Gasteiger partial charge in [-0.15, -0.1) is 11.8 Å². The molecule has 2 aromatic carbocycles. The minimum absolute atomic E-state index is 0.0101. The average Bonchev–Trinajstić information content (AvgIpc) is 2.54. The van der Waals surface area contributed by atoms with Crippen LogP contribution in [0, 0.1) is 0 Å². The van der Waals surface area contributed by atoms with Gasteiger partial charge in [0.25, 0.3) is 0 Å². The van der Waals surface area contributed by atoms with Crippen LogP contribution in [-0.2, 0) is 11.3 Å². The fourth-order valence-electron chi connectivity index (χ4n) is 1.88. The number of nitrogens with one attached hydrogen (secondary N) is 1. The van der Waals surface area contributed by atoms with E-state index in [1.54, 1.807) is 0 Å². The lowest BCUT2D eigenvalue weighted by molar-refractivity contribution is -0.118. The third-order valence-corrected chi connectivity index (χ3v) is 4.04. The van der Waals surface area contributed by atoms with Gasteiger partial charge in [-0.3, -0.25) is 4.79 Å². The van der Waals surface area contributed by atoms with Crippen LogP contribution in [0.25, 0.3) is 0 Å². The average molecular weight is 301 g/mol. The second kappa shape index (κ2) is 8.49. The molecule has 1 atom stereocenters. The van der Waals surface area contributed by atoms with Crippen LogP contribution in [0.4, 0.5) is 0 Å². The van der Waals surface area contributed by atoms with Crippen molar-refractivity contribution in [3.63, 3.8) is 0 Å². The first-order chi connectivity index (χ1) is 10.3. The lowest BCUT2D eigenvalue weighted by atomic mass is 10.1. The molecule has 2 rings (SSSR count). The van der Waals surface area contributed by atoms with E-state index in [1.165, 1.54) is 11.8 Å². The third-order valence-electron chi connectivity index (χ3n) is 3.03. The van der Waals surface area contributed by atoms with Crippen molar-refractivity contribution in [2.75, 3.05) is 11.5 Å². The van der Waals surface area contributed by atoms with Crippen LogP contribution >= 0.6 is 11.8 Å². The number of rotatable bonds is 7. The second-order valence-electron chi connectivity index (χ2n) is 4.70. The number of aliphatic hydroxyl groups is 1. The molecule has 2 aromatic rings. The summed E-state index contributed by atoms with van der Waals surface area (Å²) >= 11 is 1.44. The van der Waals surface area contributed by atoms with E-state index in [2.05, 4.69) is 5.32 Å². The van der Waals surface area contributed by atoms with Gasteiger partial charge in [-0.05, 0) is 11.1 Å². The predicted molar refractivity (Wildman–Crippen MR) is 87.0 cm³/mol. The molecule has 0 saturated carbocycles. The molecule has 0 saturated heterocycles. The molecular weight excluding hydrogens is 282 g/mol. The Labute approximate surface area is 129 Å².